The minimum Gasteiger partial charge on any atom is -0.379 e. The third-order valence-corrected chi connectivity index (χ3v) is 9.86. The van der Waals surface area contributed by atoms with Gasteiger partial charge in [-0.25, -0.2) is 0 Å². The molecule has 0 fully saturated rings. The van der Waals surface area contributed by atoms with Gasteiger partial charge in [-0.2, -0.15) is 0 Å². The molecule has 0 radical (unpaired) electrons. The Morgan fingerprint density at radius 1 is 0.743 bits per heavy atom. The van der Waals surface area contributed by atoms with Crippen LogP contribution >= 0.6 is 15.6 Å². The number of rotatable bonds is 27. The molecule has 0 saturated carbocycles. The van der Waals surface area contributed by atoms with Gasteiger partial charge in [0.15, 0.2) is 0 Å². The van der Waals surface area contributed by atoms with E-state index >= 15 is 0 Å². The summed E-state index contributed by atoms with van der Waals surface area (Å²) in [5.74, 6) is 0. The summed E-state index contributed by atoms with van der Waals surface area (Å²) in [4.78, 5) is 0. The molecule has 0 rings (SSSR count). The summed E-state index contributed by atoms with van der Waals surface area (Å²) in [7, 11) is -2.81. The third kappa shape index (κ3) is 18.9. The van der Waals surface area contributed by atoms with Crippen LogP contribution in [0.5, 0.6) is 0 Å². The van der Waals surface area contributed by atoms with Crippen LogP contribution in [0.2, 0.25) is 0 Å². The molecule has 0 aromatic heterocycles. The molecule has 0 aromatic rings. The zero-order valence-electron chi connectivity index (χ0n) is 22.8. The Balaban J connectivity index is 3.62. The Labute approximate surface area is 215 Å². The van der Waals surface area contributed by atoms with Crippen LogP contribution in [0, 0.1) is 0 Å². The summed E-state index contributed by atoms with van der Waals surface area (Å²) in [6.07, 6.45) is 20.8. The standard InChI is InChI=1S/C25H53O8P2/c1-5-6-7-8-9-10-11-12-13-14-15-16-17-18-19-20-21-32-22-24(29-2)23-33-35(28,31-4)25(26)34(27)30-3/h24-26H,5-23H2,1-4H3/q+1/t24-,25?,35?/m0/s1. The van der Waals surface area contributed by atoms with Crippen molar-refractivity contribution < 1.29 is 37.3 Å². The first-order chi connectivity index (χ1) is 16.9. The Kier molecular flexibility index (Phi) is 24.5. The van der Waals surface area contributed by atoms with Gasteiger partial charge in [-0.3, -0.25) is 4.57 Å². The zero-order valence-corrected chi connectivity index (χ0v) is 24.6. The summed E-state index contributed by atoms with van der Waals surface area (Å²) >= 11 is 0. The van der Waals surface area contributed by atoms with Gasteiger partial charge < -0.3 is 23.6 Å². The summed E-state index contributed by atoms with van der Waals surface area (Å²) < 4.78 is 49.5. The molecule has 0 aliphatic heterocycles. The molecular weight excluding hydrogens is 490 g/mol. The zero-order chi connectivity index (χ0) is 26.2. The summed E-state index contributed by atoms with van der Waals surface area (Å²) in [6, 6.07) is 0. The maximum atomic E-state index is 12.5. The lowest BCUT2D eigenvalue weighted by Gasteiger charge is -2.19. The van der Waals surface area contributed by atoms with Crippen LogP contribution in [0.15, 0.2) is 0 Å². The second-order valence-electron chi connectivity index (χ2n) is 9.07. The van der Waals surface area contributed by atoms with Gasteiger partial charge in [0.05, 0.1) is 20.3 Å². The average Bonchev–Trinajstić information content (AvgIpc) is 2.88. The Hall–Kier alpha value is 0.0900. The van der Waals surface area contributed by atoms with Crippen LogP contribution < -0.4 is 0 Å². The van der Waals surface area contributed by atoms with E-state index < -0.39 is 27.3 Å². The first-order valence-corrected chi connectivity index (χ1v) is 16.4. The van der Waals surface area contributed by atoms with Gasteiger partial charge in [-0.05, 0) is 11.0 Å². The molecule has 210 valence electrons. The van der Waals surface area contributed by atoms with Gasteiger partial charge in [0, 0.05) is 20.8 Å². The minimum absolute atomic E-state index is 0.121. The van der Waals surface area contributed by atoms with Crippen LogP contribution in [-0.2, 0) is 32.2 Å². The van der Waals surface area contributed by atoms with Crippen LogP contribution in [0.1, 0.15) is 110 Å². The molecule has 0 amide bonds. The Morgan fingerprint density at radius 2 is 1.20 bits per heavy atom. The summed E-state index contributed by atoms with van der Waals surface area (Å²) in [5.41, 5.74) is -1.85. The van der Waals surface area contributed by atoms with E-state index in [4.69, 9.17) is 18.5 Å². The highest BCUT2D eigenvalue weighted by Gasteiger charge is 2.50. The van der Waals surface area contributed by atoms with E-state index in [9.17, 15) is 14.2 Å². The average molecular weight is 544 g/mol. The van der Waals surface area contributed by atoms with Gasteiger partial charge in [-0.15, -0.1) is 4.52 Å². The number of ether oxygens (including phenoxy) is 2. The molecule has 10 heteroatoms. The molecule has 0 bridgehead atoms. The highest BCUT2D eigenvalue weighted by molar-refractivity contribution is 7.66. The second-order valence-corrected chi connectivity index (χ2v) is 13.1. The van der Waals surface area contributed by atoms with E-state index in [1.807, 2.05) is 0 Å². The molecule has 0 aliphatic rings. The highest BCUT2D eigenvalue weighted by Crippen LogP contribution is 2.59. The van der Waals surface area contributed by atoms with Crippen LogP contribution in [0.3, 0.4) is 0 Å². The Bertz CT molecular complexity index is 536. The predicted molar refractivity (Wildman–Crippen MR) is 142 cm³/mol. The maximum absolute atomic E-state index is 12.5. The fourth-order valence-corrected chi connectivity index (χ4v) is 6.44. The lowest BCUT2D eigenvalue weighted by Crippen LogP contribution is -2.25. The summed E-state index contributed by atoms with van der Waals surface area (Å²) in [5, 5.41) is 9.87. The van der Waals surface area contributed by atoms with Crippen molar-refractivity contribution in [2.24, 2.45) is 0 Å². The fourth-order valence-electron chi connectivity index (χ4n) is 3.76. The first kappa shape index (κ1) is 35.1. The van der Waals surface area contributed by atoms with Gasteiger partial charge in [0.25, 0.3) is 0 Å². The molecule has 0 aromatic carbocycles. The second kappa shape index (κ2) is 24.4. The van der Waals surface area contributed by atoms with Gasteiger partial charge in [-0.1, -0.05) is 103 Å². The maximum Gasteiger partial charge on any atom is 0.553 e. The van der Waals surface area contributed by atoms with Gasteiger partial charge >= 0.3 is 21.2 Å². The first-order valence-electron chi connectivity index (χ1n) is 13.5. The van der Waals surface area contributed by atoms with Crippen molar-refractivity contribution >= 4 is 15.6 Å². The smallest absolute Gasteiger partial charge is 0.379 e. The highest BCUT2D eigenvalue weighted by atomic mass is 31.2. The number of aliphatic hydroxyl groups is 1. The SMILES string of the molecule is CCCCCCCCCCCCCCCCCCOC[C@@H](COP(=O)(OC)C(O)[P+](=O)OC)OC. The quantitative estimate of drug-likeness (QED) is 0.0827. The van der Waals surface area contributed by atoms with E-state index in [1.165, 1.54) is 97.0 Å². The summed E-state index contributed by atoms with van der Waals surface area (Å²) in [6.45, 7) is 3.04. The van der Waals surface area contributed by atoms with E-state index in [-0.39, 0.29) is 13.2 Å². The fraction of sp³-hybridized carbons (Fsp3) is 1.00. The van der Waals surface area contributed by atoms with Gasteiger partial charge in [0.2, 0.25) is 0 Å². The van der Waals surface area contributed by atoms with E-state index in [0.29, 0.717) is 6.61 Å². The van der Waals surface area contributed by atoms with Crippen molar-refractivity contribution in [3.05, 3.63) is 0 Å². The monoisotopic (exact) mass is 543 g/mol. The third-order valence-electron chi connectivity index (χ3n) is 6.13. The Morgan fingerprint density at radius 3 is 1.60 bits per heavy atom. The molecule has 35 heavy (non-hydrogen) atoms. The molecule has 1 N–H and O–H groups in total. The predicted octanol–water partition coefficient (Wildman–Crippen LogP) is 7.80. The van der Waals surface area contributed by atoms with Crippen LogP contribution in [-0.4, -0.2) is 57.9 Å². The number of methoxy groups -OCH3 is 1. The molecule has 0 heterocycles. The topological polar surface area (TPSA) is 101 Å². The van der Waals surface area contributed by atoms with Gasteiger partial charge in [0.1, 0.15) is 6.10 Å². The lowest BCUT2D eigenvalue weighted by atomic mass is 10.0. The normalized spacial score (nSPS) is 15.6. The number of hydrogen-bond donors (Lipinski definition) is 1. The van der Waals surface area contributed by atoms with Crippen molar-refractivity contribution in [2.45, 2.75) is 121 Å². The molecular formula is C25H53O8P2+. The van der Waals surface area contributed by atoms with E-state index in [0.717, 1.165) is 27.1 Å². The van der Waals surface area contributed by atoms with Crippen LogP contribution in [0.4, 0.5) is 0 Å². The number of aliphatic hydroxyl groups excluding tert-OH is 1. The molecule has 4 atom stereocenters. The van der Waals surface area contributed by atoms with Crippen LogP contribution in [0.25, 0.3) is 0 Å². The van der Waals surface area contributed by atoms with Crippen molar-refractivity contribution in [1.29, 1.82) is 0 Å². The molecule has 8 nitrogen and oxygen atoms in total. The molecule has 0 aliphatic carbocycles. The van der Waals surface area contributed by atoms with E-state index in [2.05, 4.69) is 11.4 Å². The molecule has 0 saturated heterocycles. The van der Waals surface area contributed by atoms with E-state index in [1.54, 1.807) is 0 Å². The van der Waals surface area contributed by atoms with Crippen molar-refractivity contribution in [1.82, 2.24) is 0 Å². The van der Waals surface area contributed by atoms with Crippen molar-refractivity contribution in [2.75, 3.05) is 41.2 Å². The number of unbranched alkanes of at least 4 members (excludes halogenated alkanes) is 15. The number of hydrogen-bond acceptors (Lipinski definition) is 8. The lowest BCUT2D eigenvalue weighted by molar-refractivity contribution is -0.0187. The van der Waals surface area contributed by atoms with Crippen molar-refractivity contribution in [3.63, 3.8) is 0 Å². The molecule has 3 unspecified atom stereocenters. The minimum atomic E-state index is -4.00. The van der Waals surface area contributed by atoms with Crippen molar-refractivity contribution in [3.8, 4) is 0 Å². The molecule has 0 spiro atoms. The largest absolute Gasteiger partial charge is 0.553 e.